The number of aryl methyl sites for hydroxylation is 1. The molecule has 1 aromatic heterocycles. The zero-order valence-electron chi connectivity index (χ0n) is 14.3. The van der Waals surface area contributed by atoms with Gasteiger partial charge in [-0.15, -0.1) is 10.2 Å². The number of fused-ring (bicyclic) bond motifs is 1. The Kier molecular flexibility index (Phi) is 4.67. The number of benzene rings is 3. The average molecular weight is 360 g/mol. The van der Waals surface area contributed by atoms with E-state index in [1.54, 1.807) is 23.9 Å². The van der Waals surface area contributed by atoms with Crippen molar-refractivity contribution < 1.29 is 4.39 Å². The van der Waals surface area contributed by atoms with Gasteiger partial charge in [0, 0.05) is 22.1 Å². The molecule has 0 aliphatic heterocycles. The lowest BCUT2D eigenvalue weighted by Gasteiger charge is -2.09. The highest BCUT2D eigenvalue weighted by atomic mass is 32.2. The Hall–Kier alpha value is -2.72. The minimum Gasteiger partial charge on any atom is -0.207 e. The highest BCUT2D eigenvalue weighted by molar-refractivity contribution is 7.98. The number of halogens is 1. The van der Waals surface area contributed by atoms with Gasteiger partial charge in [-0.05, 0) is 36.8 Å². The molecular weight excluding hydrogens is 343 g/mol. The van der Waals surface area contributed by atoms with Crippen LogP contribution < -0.4 is 0 Å². The second kappa shape index (κ2) is 7.26. The molecule has 128 valence electrons. The molecular formula is C22H17FN2S. The first kappa shape index (κ1) is 16.7. The summed E-state index contributed by atoms with van der Waals surface area (Å²) in [6.07, 6.45) is 0. The highest BCUT2D eigenvalue weighted by Gasteiger charge is 2.11. The molecule has 3 aromatic carbocycles. The van der Waals surface area contributed by atoms with Crippen molar-refractivity contribution in [3.63, 3.8) is 0 Å². The predicted octanol–water partition coefficient (Wildman–Crippen LogP) is 6.04. The second-order valence-corrected chi connectivity index (χ2v) is 7.14. The Morgan fingerprint density at radius 3 is 2.23 bits per heavy atom. The van der Waals surface area contributed by atoms with Crippen molar-refractivity contribution in [1.29, 1.82) is 0 Å². The summed E-state index contributed by atoms with van der Waals surface area (Å²) in [5.74, 6) is 0.589. The summed E-state index contributed by atoms with van der Waals surface area (Å²) in [7, 11) is 0. The van der Waals surface area contributed by atoms with E-state index in [-0.39, 0.29) is 5.82 Å². The van der Waals surface area contributed by atoms with E-state index in [1.165, 1.54) is 23.3 Å². The van der Waals surface area contributed by atoms with Gasteiger partial charge in [-0.1, -0.05) is 65.9 Å². The van der Waals surface area contributed by atoms with E-state index in [4.69, 9.17) is 0 Å². The van der Waals surface area contributed by atoms with E-state index in [1.807, 2.05) is 18.2 Å². The molecule has 0 saturated heterocycles. The van der Waals surface area contributed by atoms with Crippen molar-refractivity contribution in [2.24, 2.45) is 0 Å². The van der Waals surface area contributed by atoms with Crippen molar-refractivity contribution >= 4 is 22.5 Å². The van der Waals surface area contributed by atoms with Gasteiger partial charge in [0.25, 0.3) is 0 Å². The van der Waals surface area contributed by atoms with Gasteiger partial charge >= 0.3 is 0 Å². The fourth-order valence-corrected chi connectivity index (χ4v) is 3.77. The van der Waals surface area contributed by atoms with Gasteiger partial charge < -0.3 is 0 Å². The number of rotatable bonds is 4. The predicted molar refractivity (Wildman–Crippen MR) is 106 cm³/mol. The molecule has 0 aliphatic carbocycles. The van der Waals surface area contributed by atoms with Crippen LogP contribution >= 0.6 is 11.8 Å². The molecule has 0 fully saturated rings. The standard InChI is InChI=1S/C22H17FN2S/c1-15-6-8-16(9-7-15)14-26-22-20-5-3-2-4-19(20)21(24-25-22)17-10-12-18(23)13-11-17/h2-13H,14H2,1H3. The van der Waals surface area contributed by atoms with Gasteiger partial charge in [0.1, 0.15) is 16.5 Å². The van der Waals surface area contributed by atoms with Gasteiger partial charge in [-0.2, -0.15) is 0 Å². The van der Waals surface area contributed by atoms with E-state index in [2.05, 4.69) is 47.5 Å². The summed E-state index contributed by atoms with van der Waals surface area (Å²) < 4.78 is 13.2. The molecule has 0 radical (unpaired) electrons. The van der Waals surface area contributed by atoms with Gasteiger partial charge in [-0.25, -0.2) is 4.39 Å². The largest absolute Gasteiger partial charge is 0.207 e. The van der Waals surface area contributed by atoms with E-state index in [0.29, 0.717) is 0 Å². The summed E-state index contributed by atoms with van der Waals surface area (Å²) in [5, 5.41) is 11.9. The lowest BCUT2D eigenvalue weighted by Crippen LogP contribution is -1.94. The first-order valence-electron chi connectivity index (χ1n) is 8.40. The quantitative estimate of drug-likeness (QED) is 0.415. The Labute approximate surface area is 156 Å². The Morgan fingerprint density at radius 2 is 1.50 bits per heavy atom. The Balaban J connectivity index is 1.69. The second-order valence-electron chi connectivity index (χ2n) is 6.18. The molecule has 0 bridgehead atoms. The molecule has 2 nitrogen and oxygen atoms in total. The summed E-state index contributed by atoms with van der Waals surface area (Å²) in [5.41, 5.74) is 4.16. The molecule has 26 heavy (non-hydrogen) atoms. The minimum absolute atomic E-state index is 0.253. The minimum atomic E-state index is -0.253. The molecule has 4 aromatic rings. The van der Waals surface area contributed by atoms with Crippen molar-refractivity contribution in [3.05, 3.63) is 89.7 Å². The van der Waals surface area contributed by atoms with Crippen LogP contribution in [0.3, 0.4) is 0 Å². The third kappa shape index (κ3) is 3.46. The molecule has 4 rings (SSSR count). The zero-order valence-corrected chi connectivity index (χ0v) is 15.1. The topological polar surface area (TPSA) is 25.8 Å². The number of hydrogen-bond acceptors (Lipinski definition) is 3. The van der Waals surface area contributed by atoms with Crippen LogP contribution in [0.2, 0.25) is 0 Å². The third-order valence-corrected chi connectivity index (χ3v) is 5.32. The normalized spacial score (nSPS) is 11.0. The summed E-state index contributed by atoms with van der Waals surface area (Å²) in [6, 6.07) is 23.0. The van der Waals surface area contributed by atoms with Crippen LogP contribution in [-0.4, -0.2) is 10.2 Å². The molecule has 0 amide bonds. The molecule has 0 N–H and O–H groups in total. The molecule has 0 aliphatic rings. The van der Waals surface area contributed by atoms with Crippen LogP contribution in [-0.2, 0) is 5.75 Å². The molecule has 0 spiro atoms. The van der Waals surface area contributed by atoms with Crippen molar-refractivity contribution in [2.45, 2.75) is 17.7 Å². The van der Waals surface area contributed by atoms with Gasteiger partial charge in [-0.3, -0.25) is 0 Å². The van der Waals surface area contributed by atoms with Gasteiger partial charge in [0.05, 0.1) is 0 Å². The lowest BCUT2D eigenvalue weighted by molar-refractivity contribution is 0.628. The summed E-state index contributed by atoms with van der Waals surface area (Å²) in [6.45, 7) is 2.09. The molecule has 1 heterocycles. The Bertz CT molecular complexity index is 1040. The van der Waals surface area contributed by atoms with Crippen LogP contribution in [0.15, 0.2) is 77.8 Å². The maximum Gasteiger partial charge on any atom is 0.127 e. The fourth-order valence-electron chi connectivity index (χ4n) is 2.84. The molecule has 0 unspecified atom stereocenters. The SMILES string of the molecule is Cc1ccc(CSc2nnc(-c3ccc(F)cc3)c3ccccc23)cc1. The van der Waals surface area contributed by atoms with Crippen LogP contribution in [0.1, 0.15) is 11.1 Å². The van der Waals surface area contributed by atoms with E-state index < -0.39 is 0 Å². The average Bonchev–Trinajstić information content (AvgIpc) is 2.68. The van der Waals surface area contributed by atoms with Crippen LogP contribution in [0.25, 0.3) is 22.0 Å². The fraction of sp³-hybridized carbons (Fsp3) is 0.0909. The molecule has 4 heteroatoms. The smallest absolute Gasteiger partial charge is 0.127 e. The zero-order chi connectivity index (χ0) is 17.9. The van der Waals surface area contributed by atoms with Crippen molar-refractivity contribution in [2.75, 3.05) is 0 Å². The first-order valence-corrected chi connectivity index (χ1v) is 9.39. The third-order valence-electron chi connectivity index (χ3n) is 4.27. The monoisotopic (exact) mass is 360 g/mol. The van der Waals surface area contributed by atoms with Crippen LogP contribution in [0, 0.1) is 12.7 Å². The maximum absolute atomic E-state index is 13.2. The summed E-state index contributed by atoms with van der Waals surface area (Å²) in [4.78, 5) is 0. The number of thioether (sulfide) groups is 1. The van der Waals surface area contributed by atoms with E-state index >= 15 is 0 Å². The lowest BCUT2D eigenvalue weighted by atomic mass is 10.1. The number of nitrogens with zero attached hydrogens (tertiary/aromatic N) is 2. The number of aromatic nitrogens is 2. The van der Waals surface area contributed by atoms with Crippen LogP contribution in [0.4, 0.5) is 4.39 Å². The van der Waals surface area contributed by atoms with Gasteiger partial charge in [0.2, 0.25) is 0 Å². The van der Waals surface area contributed by atoms with E-state index in [9.17, 15) is 4.39 Å². The summed E-state index contributed by atoms with van der Waals surface area (Å²) >= 11 is 1.68. The molecule has 0 saturated carbocycles. The van der Waals surface area contributed by atoms with E-state index in [0.717, 1.165) is 32.8 Å². The van der Waals surface area contributed by atoms with Crippen molar-refractivity contribution in [3.8, 4) is 11.3 Å². The van der Waals surface area contributed by atoms with Crippen LogP contribution in [0.5, 0.6) is 0 Å². The van der Waals surface area contributed by atoms with Crippen molar-refractivity contribution in [1.82, 2.24) is 10.2 Å². The molecule has 0 atom stereocenters. The highest BCUT2D eigenvalue weighted by Crippen LogP contribution is 2.33. The van der Waals surface area contributed by atoms with Gasteiger partial charge in [0.15, 0.2) is 0 Å². The number of hydrogen-bond donors (Lipinski definition) is 0. The maximum atomic E-state index is 13.2. The first-order chi connectivity index (χ1) is 12.7. The Morgan fingerprint density at radius 1 is 0.808 bits per heavy atom.